The molecule has 1 heterocycles. The molecule has 0 unspecified atom stereocenters. The summed E-state index contributed by atoms with van der Waals surface area (Å²) in [6.07, 6.45) is 1.29. The van der Waals surface area contributed by atoms with Crippen LogP contribution in [0.5, 0.6) is 5.75 Å². The normalized spacial score (nSPS) is 14.1. The van der Waals surface area contributed by atoms with Crippen LogP contribution in [0.1, 0.15) is 26.3 Å². The second-order valence-corrected chi connectivity index (χ2v) is 4.27. The number of imide groups is 1. The first-order valence-electron chi connectivity index (χ1n) is 5.98. The van der Waals surface area contributed by atoms with Gasteiger partial charge in [0.05, 0.1) is 17.3 Å². The number of hydrazone groups is 1. The van der Waals surface area contributed by atoms with E-state index in [-0.39, 0.29) is 5.75 Å². The van der Waals surface area contributed by atoms with Crippen molar-refractivity contribution in [3.8, 4) is 5.75 Å². The third-order valence-corrected chi connectivity index (χ3v) is 3.02. The van der Waals surface area contributed by atoms with Crippen molar-refractivity contribution >= 4 is 18.0 Å². The van der Waals surface area contributed by atoms with Gasteiger partial charge in [0, 0.05) is 5.56 Å². The van der Waals surface area contributed by atoms with Crippen molar-refractivity contribution in [1.29, 1.82) is 0 Å². The molecule has 0 atom stereocenters. The summed E-state index contributed by atoms with van der Waals surface area (Å²) < 4.78 is 0. The Hall–Kier alpha value is -2.95. The van der Waals surface area contributed by atoms with Crippen LogP contribution >= 0.6 is 0 Å². The average Bonchev–Trinajstić information content (AvgIpc) is 2.71. The quantitative estimate of drug-likeness (QED) is 0.667. The van der Waals surface area contributed by atoms with Crippen LogP contribution in [-0.2, 0) is 0 Å². The molecule has 0 aromatic heterocycles. The van der Waals surface area contributed by atoms with Crippen molar-refractivity contribution in [1.82, 2.24) is 5.01 Å². The fourth-order valence-electron chi connectivity index (χ4n) is 2.00. The number of amides is 2. The number of para-hydroxylation sites is 1. The third kappa shape index (κ3) is 1.85. The molecule has 5 nitrogen and oxygen atoms in total. The molecule has 0 saturated heterocycles. The number of hydrogen-bond donors (Lipinski definition) is 1. The lowest BCUT2D eigenvalue weighted by molar-refractivity contribution is 0.0660. The largest absolute Gasteiger partial charge is 0.507 e. The molecule has 20 heavy (non-hydrogen) atoms. The van der Waals surface area contributed by atoms with Crippen LogP contribution in [0, 0.1) is 0 Å². The molecule has 0 bridgehead atoms. The summed E-state index contributed by atoms with van der Waals surface area (Å²) in [5, 5.41) is 14.3. The van der Waals surface area contributed by atoms with Gasteiger partial charge in [-0.3, -0.25) is 9.59 Å². The van der Waals surface area contributed by atoms with E-state index in [1.807, 2.05) is 0 Å². The van der Waals surface area contributed by atoms with E-state index in [4.69, 9.17) is 0 Å². The number of nitrogens with zero attached hydrogens (tertiary/aromatic N) is 2. The second kappa shape index (κ2) is 4.62. The molecule has 3 rings (SSSR count). The molecule has 2 amide bonds. The van der Waals surface area contributed by atoms with Crippen LogP contribution in [-0.4, -0.2) is 28.1 Å². The first-order chi connectivity index (χ1) is 9.68. The van der Waals surface area contributed by atoms with E-state index in [2.05, 4.69) is 5.10 Å². The van der Waals surface area contributed by atoms with Crippen LogP contribution in [0.2, 0.25) is 0 Å². The van der Waals surface area contributed by atoms with E-state index in [0.29, 0.717) is 16.7 Å². The molecule has 0 aliphatic carbocycles. The van der Waals surface area contributed by atoms with E-state index < -0.39 is 11.8 Å². The maximum atomic E-state index is 12.0. The molecule has 2 aromatic rings. The number of benzene rings is 2. The predicted molar refractivity (Wildman–Crippen MR) is 72.6 cm³/mol. The van der Waals surface area contributed by atoms with Crippen molar-refractivity contribution < 1.29 is 14.7 Å². The molecule has 0 fully saturated rings. The Kier molecular flexibility index (Phi) is 2.80. The SMILES string of the molecule is O=C1c2ccccc2C(=O)N1/N=C\c1ccccc1O. The lowest BCUT2D eigenvalue weighted by atomic mass is 10.1. The topological polar surface area (TPSA) is 70.0 Å². The van der Waals surface area contributed by atoms with Gasteiger partial charge in [0.2, 0.25) is 0 Å². The van der Waals surface area contributed by atoms with E-state index in [1.54, 1.807) is 42.5 Å². The fraction of sp³-hybridized carbons (Fsp3) is 0. The van der Waals surface area contributed by atoms with E-state index in [1.165, 1.54) is 12.3 Å². The van der Waals surface area contributed by atoms with Gasteiger partial charge in [0.25, 0.3) is 11.8 Å². The summed E-state index contributed by atoms with van der Waals surface area (Å²) in [6, 6.07) is 13.1. The molecule has 1 N–H and O–H groups in total. The molecule has 1 aliphatic heterocycles. The number of carbonyl (C=O) groups is 2. The Bertz CT molecular complexity index is 702. The van der Waals surface area contributed by atoms with Crippen LogP contribution < -0.4 is 0 Å². The fourth-order valence-corrected chi connectivity index (χ4v) is 2.00. The van der Waals surface area contributed by atoms with Crippen LogP contribution in [0.3, 0.4) is 0 Å². The molecular formula is C15H10N2O3. The molecule has 0 radical (unpaired) electrons. The molecule has 2 aromatic carbocycles. The third-order valence-electron chi connectivity index (χ3n) is 3.02. The predicted octanol–water partition coefficient (Wildman–Crippen LogP) is 2.02. The number of rotatable bonds is 2. The van der Waals surface area contributed by atoms with Gasteiger partial charge in [-0.1, -0.05) is 24.3 Å². The molecule has 98 valence electrons. The molecule has 0 saturated carbocycles. The van der Waals surface area contributed by atoms with Crippen LogP contribution in [0.15, 0.2) is 53.6 Å². The Morgan fingerprint density at radius 1 is 0.900 bits per heavy atom. The van der Waals surface area contributed by atoms with Crippen molar-refractivity contribution in [2.45, 2.75) is 0 Å². The number of aromatic hydroxyl groups is 1. The lowest BCUT2D eigenvalue weighted by Crippen LogP contribution is -2.23. The Labute approximate surface area is 114 Å². The maximum absolute atomic E-state index is 12.0. The standard InChI is InChI=1S/C15H10N2O3/c18-13-8-4-1-5-10(13)9-16-17-14(19)11-6-2-3-7-12(11)15(17)20/h1-9,18H/b16-9-. The number of carbonyl (C=O) groups excluding carboxylic acids is 2. The van der Waals surface area contributed by atoms with Crippen molar-refractivity contribution in [3.63, 3.8) is 0 Å². The Morgan fingerprint density at radius 3 is 2.05 bits per heavy atom. The van der Waals surface area contributed by atoms with E-state index in [0.717, 1.165) is 5.01 Å². The van der Waals surface area contributed by atoms with Gasteiger partial charge in [-0.25, -0.2) is 0 Å². The second-order valence-electron chi connectivity index (χ2n) is 4.27. The summed E-state index contributed by atoms with van der Waals surface area (Å²) in [5.41, 5.74) is 1.11. The van der Waals surface area contributed by atoms with E-state index in [9.17, 15) is 14.7 Å². The van der Waals surface area contributed by atoms with Crippen molar-refractivity contribution in [3.05, 3.63) is 65.2 Å². The molecular weight excluding hydrogens is 256 g/mol. The first kappa shape index (κ1) is 12.1. The maximum Gasteiger partial charge on any atom is 0.282 e. The summed E-state index contributed by atoms with van der Waals surface area (Å²) >= 11 is 0. The van der Waals surface area contributed by atoms with Gasteiger partial charge >= 0.3 is 0 Å². The minimum absolute atomic E-state index is 0.0351. The number of fused-ring (bicyclic) bond motifs is 1. The van der Waals surface area contributed by atoms with Gasteiger partial charge in [-0.2, -0.15) is 10.1 Å². The summed E-state index contributed by atoms with van der Waals surface area (Å²) in [6.45, 7) is 0. The highest BCUT2D eigenvalue weighted by Crippen LogP contribution is 2.23. The van der Waals surface area contributed by atoms with Gasteiger partial charge in [-0.05, 0) is 24.3 Å². The zero-order valence-electron chi connectivity index (χ0n) is 10.4. The van der Waals surface area contributed by atoms with Gasteiger partial charge in [0.15, 0.2) is 0 Å². The summed E-state index contributed by atoms with van der Waals surface area (Å²) in [7, 11) is 0. The summed E-state index contributed by atoms with van der Waals surface area (Å²) in [5.74, 6) is -0.887. The van der Waals surface area contributed by atoms with Gasteiger partial charge in [0.1, 0.15) is 5.75 Å². The summed E-state index contributed by atoms with van der Waals surface area (Å²) in [4.78, 5) is 24.1. The van der Waals surface area contributed by atoms with Crippen LogP contribution in [0.25, 0.3) is 0 Å². The highest BCUT2D eigenvalue weighted by atomic mass is 16.3. The zero-order valence-corrected chi connectivity index (χ0v) is 10.4. The van der Waals surface area contributed by atoms with Crippen molar-refractivity contribution in [2.24, 2.45) is 5.10 Å². The average molecular weight is 266 g/mol. The zero-order chi connectivity index (χ0) is 14.1. The van der Waals surface area contributed by atoms with Gasteiger partial charge in [-0.15, -0.1) is 0 Å². The Balaban J connectivity index is 1.93. The van der Waals surface area contributed by atoms with Gasteiger partial charge < -0.3 is 5.11 Å². The molecule has 1 aliphatic rings. The minimum atomic E-state index is -0.461. The lowest BCUT2D eigenvalue weighted by Gasteiger charge is -2.05. The van der Waals surface area contributed by atoms with Crippen LogP contribution in [0.4, 0.5) is 0 Å². The first-order valence-corrected chi connectivity index (χ1v) is 5.98. The highest BCUT2D eigenvalue weighted by molar-refractivity contribution is 6.21. The molecule has 5 heteroatoms. The number of phenols is 1. The van der Waals surface area contributed by atoms with Crippen molar-refractivity contribution in [2.75, 3.05) is 0 Å². The number of hydrogen-bond acceptors (Lipinski definition) is 4. The Morgan fingerprint density at radius 2 is 1.45 bits per heavy atom. The highest BCUT2D eigenvalue weighted by Gasteiger charge is 2.35. The van der Waals surface area contributed by atoms with E-state index >= 15 is 0 Å². The molecule has 0 spiro atoms. The number of phenolic OH excluding ortho intramolecular Hbond substituents is 1. The smallest absolute Gasteiger partial charge is 0.282 e. The minimum Gasteiger partial charge on any atom is -0.507 e. The monoisotopic (exact) mass is 266 g/mol.